The Bertz CT molecular complexity index is 461. The predicted octanol–water partition coefficient (Wildman–Crippen LogP) is 6.22. The summed E-state index contributed by atoms with van der Waals surface area (Å²) in [6, 6.07) is 0. The summed E-state index contributed by atoms with van der Waals surface area (Å²) in [6.07, 6.45) is 14.5. The summed E-state index contributed by atoms with van der Waals surface area (Å²) in [6.45, 7) is 10.3. The molecule has 0 spiro atoms. The zero-order valence-electron chi connectivity index (χ0n) is 14.6. The van der Waals surface area contributed by atoms with Gasteiger partial charge in [-0.3, -0.25) is 0 Å². The van der Waals surface area contributed by atoms with Crippen LogP contribution in [-0.4, -0.2) is 0 Å². The lowest BCUT2D eigenvalue weighted by Crippen LogP contribution is -2.49. The molecule has 4 aliphatic rings. The van der Waals surface area contributed by atoms with Crippen molar-refractivity contribution in [3.63, 3.8) is 0 Å². The fraction of sp³-hybridized carbons (Fsp3) is 0.905. The van der Waals surface area contributed by atoms with Crippen molar-refractivity contribution in [1.82, 2.24) is 0 Å². The highest BCUT2D eigenvalue weighted by Gasteiger charge is 2.57. The van der Waals surface area contributed by atoms with Crippen molar-refractivity contribution in [3.05, 3.63) is 11.6 Å². The molecule has 0 amide bonds. The van der Waals surface area contributed by atoms with E-state index in [1.54, 1.807) is 0 Å². The average molecular weight is 287 g/mol. The van der Waals surface area contributed by atoms with Gasteiger partial charge in [0.15, 0.2) is 0 Å². The molecule has 0 bridgehead atoms. The lowest BCUT2D eigenvalue weighted by atomic mass is 9.47. The summed E-state index contributed by atoms with van der Waals surface area (Å²) < 4.78 is 0. The third kappa shape index (κ3) is 1.86. The standard InChI is InChI=1S/C21H34/c1-14-9-11-21(4)16(13-14)6-7-17-18-8-5-15(2)20(18,3)12-10-19(17)21/h6,14-15,17-19H,5,7-13H2,1-4H3/t14?,15-,17?,18?,19?,20+,21-/m0/s1. The van der Waals surface area contributed by atoms with Gasteiger partial charge in [0, 0.05) is 0 Å². The molecule has 21 heavy (non-hydrogen) atoms. The van der Waals surface area contributed by atoms with Crippen LogP contribution in [0.2, 0.25) is 0 Å². The van der Waals surface area contributed by atoms with Gasteiger partial charge in [0.25, 0.3) is 0 Å². The van der Waals surface area contributed by atoms with Gasteiger partial charge in [0.05, 0.1) is 0 Å². The molecule has 0 aromatic heterocycles. The molecule has 4 aliphatic carbocycles. The van der Waals surface area contributed by atoms with Crippen LogP contribution in [0.25, 0.3) is 0 Å². The first kappa shape index (κ1) is 14.3. The second-order valence-electron chi connectivity index (χ2n) is 9.63. The Hall–Kier alpha value is -0.260. The van der Waals surface area contributed by atoms with E-state index in [0.29, 0.717) is 10.8 Å². The van der Waals surface area contributed by atoms with Gasteiger partial charge in [-0.25, -0.2) is 0 Å². The third-order valence-corrected chi connectivity index (χ3v) is 8.82. The van der Waals surface area contributed by atoms with Gasteiger partial charge in [0.1, 0.15) is 0 Å². The first-order chi connectivity index (χ1) is 9.95. The lowest BCUT2D eigenvalue weighted by Gasteiger charge is -2.58. The van der Waals surface area contributed by atoms with E-state index in [2.05, 4.69) is 33.8 Å². The highest BCUT2D eigenvalue weighted by atomic mass is 14.6. The largest absolute Gasteiger partial charge is 0.0845 e. The van der Waals surface area contributed by atoms with Gasteiger partial charge < -0.3 is 0 Å². The number of allylic oxidation sites excluding steroid dienone is 2. The number of fused-ring (bicyclic) bond motifs is 5. The topological polar surface area (TPSA) is 0 Å². The quantitative estimate of drug-likeness (QED) is 0.464. The summed E-state index contributed by atoms with van der Waals surface area (Å²) in [5.41, 5.74) is 3.10. The van der Waals surface area contributed by atoms with E-state index >= 15 is 0 Å². The van der Waals surface area contributed by atoms with E-state index < -0.39 is 0 Å². The van der Waals surface area contributed by atoms with Gasteiger partial charge in [0.2, 0.25) is 0 Å². The molecule has 0 radical (unpaired) electrons. The van der Waals surface area contributed by atoms with Crippen molar-refractivity contribution in [2.75, 3.05) is 0 Å². The van der Waals surface area contributed by atoms with Crippen molar-refractivity contribution in [1.29, 1.82) is 0 Å². The smallest absolute Gasteiger partial charge is 0.00851 e. The Morgan fingerprint density at radius 2 is 1.76 bits per heavy atom. The Kier molecular flexibility index (Phi) is 3.15. The molecular formula is C21H34. The number of hydrogen-bond donors (Lipinski definition) is 0. The maximum absolute atomic E-state index is 2.71. The van der Waals surface area contributed by atoms with Crippen molar-refractivity contribution in [2.45, 2.75) is 79.1 Å². The van der Waals surface area contributed by atoms with Crippen LogP contribution >= 0.6 is 0 Å². The Morgan fingerprint density at radius 1 is 0.952 bits per heavy atom. The van der Waals surface area contributed by atoms with E-state index in [1.807, 2.05) is 5.57 Å². The van der Waals surface area contributed by atoms with Gasteiger partial charge in [-0.1, -0.05) is 39.3 Å². The molecule has 0 nitrogen and oxygen atoms in total. The fourth-order valence-corrected chi connectivity index (χ4v) is 7.11. The molecule has 7 atom stereocenters. The highest BCUT2D eigenvalue weighted by molar-refractivity contribution is 5.24. The van der Waals surface area contributed by atoms with E-state index in [0.717, 1.165) is 29.6 Å². The van der Waals surface area contributed by atoms with Crippen molar-refractivity contribution >= 4 is 0 Å². The van der Waals surface area contributed by atoms with Crippen LogP contribution in [-0.2, 0) is 0 Å². The Morgan fingerprint density at radius 3 is 2.57 bits per heavy atom. The van der Waals surface area contributed by atoms with Gasteiger partial charge >= 0.3 is 0 Å². The molecule has 0 N–H and O–H groups in total. The SMILES string of the molecule is CC1CC[C@@]2(C)C(=CCC3C2CC[C@@]2(C)C3CC[C@@H]2C)C1. The first-order valence-electron chi connectivity index (χ1n) is 9.64. The van der Waals surface area contributed by atoms with Gasteiger partial charge in [-0.15, -0.1) is 0 Å². The Labute approximate surface area is 131 Å². The van der Waals surface area contributed by atoms with E-state index in [4.69, 9.17) is 0 Å². The Balaban J connectivity index is 1.68. The van der Waals surface area contributed by atoms with E-state index in [1.165, 1.54) is 51.4 Å². The molecule has 0 heteroatoms. The molecule has 0 aliphatic heterocycles. The van der Waals surface area contributed by atoms with E-state index in [9.17, 15) is 0 Å². The average Bonchev–Trinajstić information content (AvgIpc) is 2.76. The van der Waals surface area contributed by atoms with Crippen molar-refractivity contribution < 1.29 is 0 Å². The van der Waals surface area contributed by atoms with Crippen LogP contribution in [0.4, 0.5) is 0 Å². The highest BCUT2D eigenvalue weighted by Crippen LogP contribution is 2.66. The summed E-state index contributed by atoms with van der Waals surface area (Å²) >= 11 is 0. The van der Waals surface area contributed by atoms with E-state index in [-0.39, 0.29) is 0 Å². The fourth-order valence-electron chi connectivity index (χ4n) is 7.11. The minimum Gasteiger partial charge on any atom is -0.0845 e. The summed E-state index contributed by atoms with van der Waals surface area (Å²) in [4.78, 5) is 0. The van der Waals surface area contributed by atoms with Crippen LogP contribution in [0.1, 0.15) is 79.1 Å². The summed E-state index contributed by atoms with van der Waals surface area (Å²) in [5.74, 6) is 4.94. The normalized spacial score (nSPS) is 56.2. The molecule has 4 unspecified atom stereocenters. The summed E-state index contributed by atoms with van der Waals surface area (Å²) in [7, 11) is 0. The minimum absolute atomic E-state index is 0.572. The predicted molar refractivity (Wildman–Crippen MR) is 90.0 cm³/mol. The molecule has 4 rings (SSSR count). The van der Waals surface area contributed by atoms with Gasteiger partial charge in [-0.05, 0) is 91.8 Å². The van der Waals surface area contributed by atoms with Crippen LogP contribution in [0.3, 0.4) is 0 Å². The summed E-state index contributed by atoms with van der Waals surface area (Å²) in [5, 5.41) is 0. The molecule has 3 saturated carbocycles. The van der Waals surface area contributed by atoms with Crippen molar-refractivity contribution in [2.24, 2.45) is 40.4 Å². The van der Waals surface area contributed by atoms with Crippen LogP contribution in [0, 0.1) is 40.4 Å². The zero-order valence-corrected chi connectivity index (χ0v) is 14.6. The first-order valence-corrected chi connectivity index (χ1v) is 9.64. The molecule has 118 valence electrons. The molecule has 0 aromatic rings. The molecule has 0 heterocycles. The molecule has 0 saturated heterocycles. The van der Waals surface area contributed by atoms with Crippen LogP contribution in [0.5, 0.6) is 0 Å². The molecule has 0 aromatic carbocycles. The number of rotatable bonds is 0. The maximum Gasteiger partial charge on any atom is -0.00851 e. The third-order valence-electron chi connectivity index (χ3n) is 8.82. The maximum atomic E-state index is 2.71. The lowest BCUT2D eigenvalue weighted by molar-refractivity contribution is -0.0411. The zero-order chi connectivity index (χ0) is 14.8. The number of hydrogen-bond acceptors (Lipinski definition) is 0. The second kappa shape index (κ2) is 4.62. The second-order valence-corrected chi connectivity index (χ2v) is 9.63. The monoisotopic (exact) mass is 286 g/mol. The molecular weight excluding hydrogens is 252 g/mol. The van der Waals surface area contributed by atoms with Crippen LogP contribution in [0.15, 0.2) is 11.6 Å². The van der Waals surface area contributed by atoms with Crippen molar-refractivity contribution in [3.8, 4) is 0 Å². The minimum atomic E-state index is 0.572. The van der Waals surface area contributed by atoms with Gasteiger partial charge in [-0.2, -0.15) is 0 Å². The molecule has 3 fully saturated rings. The van der Waals surface area contributed by atoms with Crippen LogP contribution < -0.4 is 0 Å².